The number of hydrogen-bond acceptors (Lipinski definition) is 4. The van der Waals surface area contributed by atoms with Crippen molar-refractivity contribution in [2.75, 3.05) is 6.54 Å². The molecule has 120 valence electrons. The standard InChI is InChI=1S/C15H14F2N4OS/c1-9(23)19-7-11-6-14(20-22-11)10-4-12(16)15(13(17)5-10)21-3-2-18-8-21/h2-5,8,11H,6-7H2,1H3,(H,19,23). The number of hydrogen-bond donors (Lipinski definition) is 1. The molecule has 0 bridgehead atoms. The van der Waals surface area contributed by atoms with E-state index in [0.717, 1.165) is 0 Å². The lowest BCUT2D eigenvalue weighted by Gasteiger charge is -2.10. The molecule has 1 aromatic heterocycles. The van der Waals surface area contributed by atoms with Crippen molar-refractivity contribution >= 4 is 22.9 Å². The molecule has 2 heterocycles. The highest BCUT2D eigenvalue weighted by Crippen LogP contribution is 2.23. The summed E-state index contributed by atoms with van der Waals surface area (Å²) in [4.78, 5) is 9.71. The van der Waals surface area contributed by atoms with E-state index in [4.69, 9.17) is 17.1 Å². The minimum Gasteiger partial charge on any atom is -0.390 e. The molecule has 1 atom stereocenters. The van der Waals surface area contributed by atoms with E-state index in [9.17, 15) is 8.78 Å². The molecule has 1 unspecified atom stereocenters. The number of thiocarbonyl (C=S) groups is 1. The number of rotatable bonds is 4. The van der Waals surface area contributed by atoms with E-state index in [-0.39, 0.29) is 11.8 Å². The summed E-state index contributed by atoms with van der Waals surface area (Å²) in [6.07, 6.45) is 4.53. The van der Waals surface area contributed by atoms with Gasteiger partial charge in [-0.25, -0.2) is 13.8 Å². The number of imidazole rings is 1. The number of aromatic nitrogens is 2. The average molecular weight is 336 g/mol. The zero-order chi connectivity index (χ0) is 16.4. The molecule has 0 fully saturated rings. The molecule has 5 nitrogen and oxygen atoms in total. The first-order valence-electron chi connectivity index (χ1n) is 6.99. The van der Waals surface area contributed by atoms with Crippen molar-refractivity contribution < 1.29 is 13.6 Å². The maximum absolute atomic E-state index is 14.3. The maximum atomic E-state index is 14.3. The summed E-state index contributed by atoms with van der Waals surface area (Å²) in [5.74, 6) is -1.37. The van der Waals surface area contributed by atoms with Crippen LogP contribution >= 0.6 is 12.2 Å². The van der Waals surface area contributed by atoms with Gasteiger partial charge >= 0.3 is 0 Å². The fourth-order valence-electron chi connectivity index (χ4n) is 2.34. The largest absolute Gasteiger partial charge is 0.390 e. The van der Waals surface area contributed by atoms with Gasteiger partial charge in [-0.2, -0.15) is 0 Å². The Morgan fingerprint density at radius 3 is 2.78 bits per heavy atom. The first-order valence-corrected chi connectivity index (χ1v) is 7.40. The van der Waals surface area contributed by atoms with Gasteiger partial charge in [-0.1, -0.05) is 17.4 Å². The summed E-state index contributed by atoms with van der Waals surface area (Å²) < 4.78 is 29.8. The summed E-state index contributed by atoms with van der Waals surface area (Å²) in [6.45, 7) is 2.27. The molecule has 0 amide bonds. The molecule has 2 aromatic rings. The van der Waals surface area contributed by atoms with Crippen LogP contribution in [0.5, 0.6) is 0 Å². The Balaban J connectivity index is 1.79. The molecule has 1 N–H and O–H groups in total. The van der Waals surface area contributed by atoms with E-state index < -0.39 is 11.6 Å². The third-order valence-electron chi connectivity index (χ3n) is 3.42. The SMILES string of the molecule is CC(=S)NCC1CC(c2cc(F)c(-n3ccnc3)c(F)c2)=NO1. The Labute approximate surface area is 137 Å². The quantitative estimate of drug-likeness (QED) is 0.872. The highest BCUT2D eigenvalue weighted by Gasteiger charge is 2.24. The van der Waals surface area contributed by atoms with E-state index in [1.165, 1.54) is 35.4 Å². The van der Waals surface area contributed by atoms with Gasteiger partial charge in [-0.05, 0) is 19.1 Å². The van der Waals surface area contributed by atoms with Gasteiger partial charge in [0, 0.05) is 24.4 Å². The third kappa shape index (κ3) is 3.37. The smallest absolute Gasteiger partial charge is 0.150 e. The summed E-state index contributed by atoms with van der Waals surface area (Å²) >= 11 is 4.93. The molecule has 0 spiro atoms. The molecule has 1 aliphatic rings. The lowest BCUT2D eigenvalue weighted by Crippen LogP contribution is -2.29. The third-order valence-corrected chi connectivity index (χ3v) is 3.57. The number of nitrogens with zero attached hydrogens (tertiary/aromatic N) is 3. The lowest BCUT2D eigenvalue weighted by atomic mass is 10.0. The molecule has 1 aliphatic heterocycles. The summed E-state index contributed by atoms with van der Waals surface area (Å²) in [5, 5.41) is 6.91. The van der Waals surface area contributed by atoms with Gasteiger partial charge in [0.1, 0.15) is 11.8 Å². The Hall–Kier alpha value is -2.35. The van der Waals surface area contributed by atoms with E-state index >= 15 is 0 Å². The van der Waals surface area contributed by atoms with Crippen molar-refractivity contribution in [1.82, 2.24) is 14.9 Å². The molecular formula is C15H14F2N4OS. The van der Waals surface area contributed by atoms with Crippen LogP contribution in [0.15, 0.2) is 36.0 Å². The second kappa shape index (κ2) is 6.41. The topological polar surface area (TPSA) is 51.4 Å². The maximum Gasteiger partial charge on any atom is 0.150 e. The van der Waals surface area contributed by atoms with Crippen LogP contribution in [-0.4, -0.2) is 32.9 Å². The minimum atomic E-state index is -0.683. The Morgan fingerprint density at radius 1 is 1.43 bits per heavy atom. The van der Waals surface area contributed by atoms with Crippen molar-refractivity contribution in [2.24, 2.45) is 5.16 Å². The van der Waals surface area contributed by atoms with Crippen LogP contribution in [0.3, 0.4) is 0 Å². The Kier molecular flexibility index (Phi) is 4.33. The fraction of sp³-hybridized carbons (Fsp3) is 0.267. The first-order chi connectivity index (χ1) is 11.0. The molecule has 8 heteroatoms. The van der Waals surface area contributed by atoms with E-state index in [2.05, 4.69) is 15.5 Å². The second-order valence-corrected chi connectivity index (χ2v) is 5.78. The number of benzene rings is 1. The van der Waals surface area contributed by atoms with Crippen LogP contribution < -0.4 is 5.32 Å². The molecule has 23 heavy (non-hydrogen) atoms. The molecule has 0 saturated carbocycles. The van der Waals surface area contributed by atoms with Crippen LogP contribution in [0, 0.1) is 11.6 Å². The van der Waals surface area contributed by atoms with Crippen molar-refractivity contribution in [1.29, 1.82) is 0 Å². The molecule has 1 aromatic carbocycles. The summed E-state index contributed by atoms with van der Waals surface area (Å²) in [6, 6.07) is 2.50. The van der Waals surface area contributed by atoms with Gasteiger partial charge in [-0.3, -0.25) is 0 Å². The first kappa shape index (κ1) is 15.5. The highest BCUT2D eigenvalue weighted by molar-refractivity contribution is 7.80. The van der Waals surface area contributed by atoms with Gasteiger partial charge in [0.15, 0.2) is 11.6 Å². The van der Waals surface area contributed by atoms with Crippen LogP contribution in [-0.2, 0) is 4.84 Å². The molecule has 3 rings (SSSR count). The van der Waals surface area contributed by atoms with Gasteiger partial charge in [0.25, 0.3) is 0 Å². The van der Waals surface area contributed by atoms with Crippen molar-refractivity contribution in [3.63, 3.8) is 0 Å². The van der Waals surface area contributed by atoms with Crippen LogP contribution in [0.1, 0.15) is 18.9 Å². The van der Waals surface area contributed by atoms with E-state index in [1.54, 1.807) is 6.92 Å². The minimum absolute atomic E-state index is 0.166. The van der Waals surface area contributed by atoms with Crippen molar-refractivity contribution in [3.8, 4) is 5.69 Å². The van der Waals surface area contributed by atoms with Crippen LogP contribution in [0.4, 0.5) is 8.78 Å². The van der Waals surface area contributed by atoms with Crippen molar-refractivity contribution in [3.05, 3.63) is 48.1 Å². The zero-order valence-corrected chi connectivity index (χ0v) is 13.1. The second-order valence-electron chi connectivity index (χ2n) is 5.17. The Morgan fingerprint density at radius 2 is 2.17 bits per heavy atom. The summed E-state index contributed by atoms with van der Waals surface area (Å²) in [5.41, 5.74) is 0.708. The van der Waals surface area contributed by atoms with Gasteiger partial charge in [0.2, 0.25) is 0 Å². The van der Waals surface area contributed by atoms with Gasteiger partial charge in [0.05, 0.1) is 23.6 Å². The predicted molar refractivity (Wildman–Crippen MR) is 85.8 cm³/mol. The molecule has 0 radical (unpaired) electrons. The van der Waals surface area contributed by atoms with E-state index in [1.807, 2.05) is 0 Å². The normalized spacial score (nSPS) is 16.8. The van der Waals surface area contributed by atoms with Crippen LogP contribution in [0.2, 0.25) is 0 Å². The lowest BCUT2D eigenvalue weighted by molar-refractivity contribution is 0.0887. The monoisotopic (exact) mass is 336 g/mol. The number of halogens is 2. The molecular weight excluding hydrogens is 322 g/mol. The Bertz CT molecular complexity index is 738. The van der Waals surface area contributed by atoms with E-state index in [0.29, 0.717) is 29.2 Å². The summed E-state index contributed by atoms with van der Waals surface area (Å²) in [7, 11) is 0. The van der Waals surface area contributed by atoms with Gasteiger partial charge in [-0.15, -0.1) is 0 Å². The highest BCUT2D eigenvalue weighted by atomic mass is 32.1. The van der Waals surface area contributed by atoms with Gasteiger partial charge < -0.3 is 14.7 Å². The fourth-order valence-corrected chi connectivity index (χ4v) is 2.42. The predicted octanol–water partition coefficient (Wildman–Crippen LogP) is 2.58. The molecule has 0 saturated heterocycles. The van der Waals surface area contributed by atoms with Crippen LogP contribution in [0.25, 0.3) is 5.69 Å². The zero-order valence-electron chi connectivity index (χ0n) is 12.3. The molecule has 0 aliphatic carbocycles. The van der Waals surface area contributed by atoms with Crippen molar-refractivity contribution in [2.45, 2.75) is 19.4 Å². The average Bonchev–Trinajstić information content (AvgIpc) is 3.16. The number of oxime groups is 1. The number of nitrogens with one attached hydrogen (secondary N) is 1.